The summed E-state index contributed by atoms with van der Waals surface area (Å²) in [5.74, 6) is 1.36. The van der Waals surface area contributed by atoms with Gasteiger partial charge in [0.15, 0.2) is 5.13 Å². The van der Waals surface area contributed by atoms with Crippen LogP contribution >= 0.6 is 11.3 Å². The van der Waals surface area contributed by atoms with Gasteiger partial charge in [0, 0.05) is 26.1 Å². The summed E-state index contributed by atoms with van der Waals surface area (Å²) in [4.78, 5) is 19.9. The molecular formula is C19H25N3O2S. The average molecular weight is 359 g/mol. The third-order valence-corrected chi connectivity index (χ3v) is 5.68. The van der Waals surface area contributed by atoms with E-state index >= 15 is 0 Å². The molecule has 5 nitrogen and oxygen atoms in total. The largest absolute Gasteiger partial charge is 0.493 e. The van der Waals surface area contributed by atoms with Gasteiger partial charge in [-0.25, -0.2) is 4.98 Å². The van der Waals surface area contributed by atoms with Crippen LogP contribution in [0.5, 0.6) is 5.75 Å². The van der Waals surface area contributed by atoms with Crippen LogP contribution in [0.3, 0.4) is 0 Å². The van der Waals surface area contributed by atoms with Gasteiger partial charge in [0.1, 0.15) is 10.6 Å². The lowest BCUT2D eigenvalue weighted by molar-refractivity contribution is 0.0637. The molecule has 0 saturated carbocycles. The van der Waals surface area contributed by atoms with E-state index in [-0.39, 0.29) is 5.91 Å². The highest BCUT2D eigenvalue weighted by molar-refractivity contribution is 7.17. The number of carbonyl (C=O) groups is 1. The molecule has 1 N–H and O–H groups in total. The number of anilines is 1. The Balaban J connectivity index is 1.59. The topological polar surface area (TPSA) is 54.5 Å². The second-order valence-corrected chi connectivity index (χ2v) is 7.57. The number of rotatable bonds is 5. The summed E-state index contributed by atoms with van der Waals surface area (Å²) in [6, 6.07) is 8.11. The number of likely N-dealkylation sites (tertiary alicyclic amines) is 1. The van der Waals surface area contributed by atoms with Crippen molar-refractivity contribution < 1.29 is 9.53 Å². The Kier molecular flexibility index (Phi) is 5.58. The van der Waals surface area contributed by atoms with Crippen molar-refractivity contribution in [2.45, 2.75) is 26.7 Å². The van der Waals surface area contributed by atoms with Gasteiger partial charge in [-0.05, 0) is 38.8 Å². The fourth-order valence-electron chi connectivity index (χ4n) is 3.08. The summed E-state index contributed by atoms with van der Waals surface area (Å²) in [7, 11) is 1.83. The Morgan fingerprint density at radius 2 is 2.12 bits per heavy atom. The summed E-state index contributed by atoms with van der Waals surface area (Å²) in [5.41, 5.74) is 2.03. The van der Waals surface area contributed by atoms with Gasteiger partial charge in [0.25, 0.3) is 5.91 Å². The Morgan fingerprint density at radius 1 is 1.36 bits per heavy atom. The first-order valence-electron chi connectivity index (χ1n) is 8.70. The van der Waals surface area contributed by atoms with E-state index in [2.05, 4.69) is 29.4 Å². The van der Waals surface area contributed by atoms with Gasteiger partial charge in [-0.2, -0.15) is 0 Å². The molecule has 1 saturated heterocycles. The van der Waals surface area contributed by atoms with Crippen LogP contribution in [-0.2, 0) is 0 Å². The predicted octanol–water partition coefficient (Wildman–Crippen LogP) is 3.73. The molecule has 1 aromatic carbocycles. The number of nitrogens with one attached hydrogen (secondary N) is 1. The van der Waals surface area contributed by atoms with Crippen molar-refractivity contribution in [2.75, 3.05) is 32.1 Å². The van der Waals surface area contributed by atoms with Crippen LogP contribution in [0.2, 0.25) is 0 Å². The SMILES string of the molecule is CNc1nc(C)c(C(=O)N2CCCC(COc3ccc(C)cc3)C2)s1. The number of hydrogen-bond acceptors (Lipinski definition) is 5. The molecule has 0 radical (unpaired) electrons. The molecule has 2 aromatic rings. The molecule has 0 bridgehead atoms. The van der Waals surface area contributed by atoms with E-state index in [9.17, 15) is 4.79 Å². The van der Waals surface area contributed by atoms with Crippen LogP contribution in [0.1, 0.15) is 33.8 Å². The maximum Gasteiger partial charge on any atom is 0.265 e. The van der Waals surface area contributed by atoms with Crippen LogP contribution in [0.4, 0.5) is 5.13 Å². The fraction of sp³-hybridized carbons (Fsp3) is 0.474. The van der Waals surface area contributed by atoms with Crippen molar-refractivity contribution in [1.29, 1.82) is 0 Å². The van der Waals surface area contributed by atoms with Crippen molar-refractivity contribution in [3.05, 3.63) is 40.4 Å². The monoisotopic (exact) mass is 359 g/mol. The van der Waals surface area contributed by atoms with E-state index in [0.29, 0.717) is 12.5 Å². The molecular weight excluding hydrogens is 334 g/mol. The first-order chi connectivity index (χ1) is 12.1. The minimum absolute atomic E-state index is 0.0940. The quantitative estimate of drug-likeness (QED) is 0.884. The minimum Gasteiger partial charge on any atom is -0.493 e. The van der Waals surface area contributed by atoms with E-state index in [1.807, 2.05) is 31.0 Å². The molecule has 0 spiro atoms. The minimum atomic E-state index is 0.0940. The van der Waals surface area contributed by atoms with Crippen molar-refractivity contribution in [1.82, 2.24) is 9.88 Å². The van der Waals surface area contributed by atoms with Gasteiger partial charge in [0.05, 0.1) is 12.3 Å². The highest BCUT2D eigenvalue weighted by Crippen LogP contribution is 2.26. The summed E-state index contributed by atoms with van der Waals surface area (Å²) >= 11 is 1.43. The Morgan fingerprint density at radius 3 is 2.80 bits per heavy atom. The third kappa shape index (κ3) is 4.31. The molecule has 3 rings (SSSR count). The predicted molar refractivity (Wildman–Crippen MR) is 102 cm³/mol. The molecule has 0 aliphatic carbocycles. The first-order valence-corrected chi connectivity index (χ1v) is 9.52. The number of benzene rings is 1. The first kappa shape index (κ1) is 17.7. The lowest BCUT2D eigenvalue weighted by Gasteiger charge is -2.32. The molecule has 25 heavy (non-hydrogen) atoms. The summed E-state index contributed by atoms with van der Waals surface area (Å²) in [5, 5.41) is 3.80. The standard InChI is InChI=1S/C19H25N3O2S/c1-13-6-8-16(9-7-13)24-12-15-5-4-10-22(11-15)18(23)17-14(2)21-19(20-3)25-17/h6-9,15H,4-5,10-12H2,1-3H3,(H,20,21). The Bertz CT molecular complexity index is 727. The molecule has 1 aliphatic rings. The second kappa shape index (κ2) is 7.87. The molecule has 1 aliphatic heterocycles. The molecule has 134 valence electrons. The number of aryl methyl sites for hydroxylation is 2. The zero-order valence-corrected chi connectivity index (χ0v) is 15.9. The van der Waals surface area contributed by atoms with Gasteiger partial charge >= 0.3 is 0 Å². The maximum atomic E-state index is 12.8. The van der Waals surface area contributed by atoms with Crippen molar-refractivity contribution in [3.8, 4) is 5.75 Å². The zero-order chi connectivity index (χ0) is 17.8. The van der Waals surface area contributed by atoms with Crippen LogP contribution in [0, 0.1) is 19.8 Å². The third-order valence-electron chi connectivity index (χ3n) is 4.52. The van der Waals surface area contributed by atoms with Gasteiger partial charge in [-0.3, -0.25) is 4.79 Å². The van der Waals surface area contributed by atoms with Crippen molar-refractivity contribution in [3.63, 3.8) is 0 Å². The summed E-state index contributed by atoms with van der Waals surface area (Å²) < 4.78 is 5.92. The van der Waals surface area contributed by atoms with Crippen LogP contribution in [0.25, 0.3) is 0 Å². The lowest BCUT2D eigenvalue weighted by Crippen LogP contribution is -2.41. The summed E-state index contributed by atoms with van der Waals surface area (Å²) in [6.07, 6.45) is 2.11. The Hall–Kier alpha value is -2.08. The van der Waals surface area contributed by atoms with Gasteiger partial charge < -0.3 is 15.0 Å². The van der Waals surface area contributed by atoms with E-state index in [4.69, 9.17) is 4.74 Å². The number of hydrogen-bond donors (Lipinski definition) is 1. The van der Waals surface area contributed by atoms with Crippen molar-refractivity contribution in [2.24, 2.45) is 5.92 Å². The van der Waals surface area contributed by atoms with Crippen molar-refractivity contribution >= 4 is 22.4 Å². The number of carbonyl (C=O) groups excluding carboxylic acids is 1. The maximum absolute atomic E-state index is 12.8. The molecule has 2 heterocycles. The molecule has 1 aromatic heterocycles. The van der Waals surface area contributed by atoms with E-state index in [1.54, 1.807) is 0 Å². The summed E-state index contributed by atoms with van der Waals surface area (Å²) in [6.45, 7) is 6.17. The zero-order valence-electron chi connectivity index (χ0n) is 15.0. The normalized spacial score (nSPS) is 17.4. The Labute approximate surface area is 153 Å². The molecule has 1 fully saturated rings. The van der Waals surface area contributed by atoms with Gasteiger partial charge in [-0.15, -0.1) is 0 Å². The molecule has 1 amide bonds. The molecule has 1 unspecified atom stereocenters. The number of thiazole rings is 1. The number of ether oxygens (including phenoxy) is 1. The number of nitrogens with zero attached hydrogens (tertiary/aromatic N) is 2. The van der Waals surface area contributed by atoms with E-state index in [0.717, 1.165) is 47.4 Å². The van der Waals surface area contributed by atoms with Crippen LogP contribution < -0.4 is 10.1 Å². The molecule has 6 heteroatoms. The lowest BCUT2D eigenvalue weighted by atomic mass is 9.98. The fourth-order valence-corrected chi connectivity index (χ4v) is 3.97. The smallest absolute Gasteiger partial charge is 0.265 e. The highest BCUT2D eigenvalue weighted by Gasteiger charge is 2.27. The molecule has 1 atom stereocenters. The second-order valence-electron chi connectivity index (χ2n) is 6.57. The number of aromatic nitrogens is 1. The number of amides is 1. The number of piperidine rings is 1. The van der Waals surface area contributed by atoms with Crippen LogP contribution in [-0.4, -0.2) is 42.5 Å². The van der Waals surface area contributed by atoms with E-state index < -0.39 is 0 Å². The van der Waals surface area contributed by atoms with Gasteiger partial charge in [0.2, 0.25) is 0 Å². The van der Waals surface area contributed by atoms with Gasteiger partial charge in [-0.1, -0.05) is 29.0 Å². The van der Waals surface area contributed by atoms with Crippen LogP contribution in [0.15, 0.2) is 24.3 Å². The van der Waals surface area contributed by atoms with E-state index in [1.165, 1.54) is 16.9 Å². The average Bonchev–Trinajstić information content (AvgIpc) is 3.02. The highest BCUT2D eigenvalue weighted by atomic mass is 32.1.